The third kappa shape index (κ3) is 4.96. The Bertz CT molecular complexity index is 306. The van der Waals surface area contributed by atoms with Crippen molar-refractivity contribution in [2.24, 2.45) is 5.92 Å². The Morgan fingerprint density at radius 3 is 2.62 bits per heavy atom. The van der Waals surface area contributed by atoms with Gasteiger partial charge in [-0.05, 0) is 31.2 Å². The first kappa shape index (κ1) is 12.8. The van der Waals surface area contributed by atoms with E-state index in [4.69, 9.17) is 4.74 Å². The highest BCUT2D eigenvalue weighted by Gasteiger charge is 2.09. The van der Waals surface area contributed by atoms with Crippen molar-refractivity contribution in [3.63, 3.8) is 0 Å². The van der Waals surface area contributed by atoms with Gasteiger partial charge in [0, 0.05) is 6.42 Å². The van der Waals surface area contributed by atoms with E-state index in [9.17, 15) is 4.79 Å². The molecule has 0 fully saturated rings. The van der Waals surface area contributed by atoms with E-state index in [0.29, 0.717) is 18.9 Å². The lowest BCUT2D eigenvalue weighted by atomic mass is 9.98. The number of ether oxygens (including phenoxy) is 1. The van der Waals surface area contributed by atoms with Crippen LogP contribution in [0.15, 0.2) is 30.3 Å². The minimum Gasteiger partial charge on any atom is -0.466 e. The Balaban J connectivity index is 2.25. The van der Waals surface area contributed by atoms with E-state index in [-0.39, 0.29) is 5.97 Å². The first-order valence-electron chi connectivity index (χ1n) is 5.92. The molecular weight excluding hydrogens is 200 g/mol. The molecule has 0 saturated heterocycles. The SMILES string of the molecule is CCOC(=O)C[C@@H](C)CCc1ccccc1. The Morgan fingerprint density at radius 2 is 2.00 bits per heavy atom. The van der Waals surface area contributed by atoms with Gasteiger partial charge in [0.2, 0.25) is 0 Å². The molecule has 0 saturated carbocycles. The molecule has 1 aromatic carbocycles. The number of benzene rings is 1. The highest BCUT2D eigenvalue weighted by Crippen LogP contribution is 2.13. The van der Waals surface area contributed by atoms with Crippen LogP contribution in [0.2, 0.25) is 0 Å². The zero-order valence-corrected chi connectivity index (χ0v) is 10.1. The molecule has 0 aliphatic rings. The molecule has 16 heavy (non-hydrogen) atoms. The van der Waals surface area contributed by atoms with Crippen molar-refractivity contribution in [1.82, 2.24) is 0 Å². The van der Waals surface area contributed by atoms with Crippen molar-refractivity contribution in [2.75, 3.05) is 6.61 Å². The van der Waals surface area contributed by atoms with Crippen molar-refractivity contribution in [1.29, 1.82) is 0 Å². The van der Waals surface area contributed by atoms with Crippen LogP contribution in [0, 0.1) is 5.92 Å². The van der Waals surface area contributed by atoms with Gasteiger partial charge < -0.3 is 4.74 Å². The van der Waals surface area contributed by atoms with E-state index in [1.165, 1.54) is 5.56 Å². The Hall–Kier alpha value is -1.31. The first-order valence-corrected chi connectivity index (χ1v) is 5.92. The average Bonchev–Trinajstić information content (AvgIpc) is 2.28. The average molecular weight is 220 g/mol. The molecule has 0 aliphatic heterocycles. The van der Waals surface area contributed by atoms with Crippen LogP contribution in [0.3, 0.4) is 0 Å². The number of carbonyl (C=O) groups is 1. The molecule has 0 aromatic heterocycles. The molecule has 0 spiro atoms. The van der Waals surface area contributed by atoms with E-state index in [0.717, 1.165) is 12.8 Å². The molecule has 1 rings (SSSR count). The lowest BCUT2D eigenvalue weighted by Crippen LogP contribution is -2.10. The third-order valence-electron chi connectivity index (χ3n) is 2.59. The molecule has 1 aromatic rings. The molecule has 2 heteroatoms. The molecule has 0 heterocycles. The molecule has 0 radical (unpaired) electrons. The van der Waals surface area contributed by atoms with Gasteiger partial charge in [-0.2, -0.15) is 0 Å². The lowest BCUT2D eigenvalue weighted by Gasteiger charge is -2.10. The quantitative estimate of drug-likeness (QED) is 0.688. The second-order valence-corrected chi connectivity index (χ2v) is 4.14. The summed E-state index contributed by atoms with van der Waals surface area (Å²) in [7, 11) is 0. The number of hydrogen-bond acceptors (Lipinski definition) is 2. The minimum atomic E-state index is -0.0805. The van der Waals surface area contributed by atoms with Crippen LogP contribution in [0.4, 0.5) is 0 Å². The summed E-state index contributed by atoms with van der Waals surface area (Å²) in [5, 5.41) is 0. The van der Waals surface area contributed by atoms with Crippen LogP contribution in [0.1, 0.15) is 32.3 Å². The fourth-order valence-corrected chi connectivity index (χ4v) is 1.66. The Kier molecular flexibility index (Phi) is 5.62. The van der Waals surface area contributed by atoms with Crippen LogP contribution in [0.25, 0.3) is 0 Å². The van der Waals surface area contributed by atoms with Crippen molar-refractivity contribution >= 4 is 5.97 Å². The highest BCUT2D eigenvalue weighted by atomic mass is 16.5. The number of hydrogen-bond donors (Lipinski definition) is 0. The molecule has 0 aliphatic carbocycles. The lowest BCUT2D eigenvalue weighted by molar-refractivity contribution is -0.144. The van der Waals surface area contributed by atoms with E-state index in [1.54, 1.807) is 0 Å². The predicted molar refractivity (Wildman–Crippen MR) is 65.2 cm³/mol. The summed E-state index contributed by atoms with van der Waals surface area (Å²) in [5.74, 6) is 0.308. The fourth-order valence-electron chi connectivity index (χ4n) is 1.66. The Labute approximate surface area is 97.6 Å². The summed E-state index contributed by atoms with van der Waals surface area (Å²) in [4.78, 5) is 11.2. The number of rotatable bonds is 6. The normalized spacial score (nSPS) is 12.1. The third-order valence-corrected chi connectivity index (χ3v) is 2.59. The van der Waals surface area contributed by atoms with Gasteiger partial charge in [-0.25, -0.2) is 0 Å². The summed E-state index contributed by atoms with van der Waals surface area (Å²) < 4.78 is 4.93. The van der Waals surface area contributed by atoms with Crippen LogP contribution in [0.5, 0.6) is 0 Å². The largest absolute Gasteiger partial charge is 0.466 e. The molecule has 0 amide bonds. The summed E-state index contributed by atoms with van der Waals surface area (Å²) in [6.07, 6.45) is 2.59. The van der Waals surface area contributed by atoms with Crippen molar-refractivity contribution in [2.45, 2.75) is 33.1 Å². The number of carbonyl (C=O) groups excluding carboxylic acids is 1. The topological polar surface area (TPSA) is 26.3 Å². The van der Waals surface area contributed by atoms with E-state index in [1.807, 2.05) is 25.1 Å². The van der Waals surface area contributed by atoms with Crippen LogP contribution < -0.4 is 0 Å². The van der Waals surface area contributed by atoms with Gasteiger partial charge >= 0.3 is 5.97 Å². The highest BCUT2D eigenvalue weighted by molar-refractivity contribution is 5.69. The molecular formula is C14H20O2. The maximum atomic E-state index is 11.2. The van der Waals surface area contributed by atoms with E-state index >= 15 is 0 Å². The molecule has 0 unspecified atom stereocenters. The molecule has 2 nitrogen and oxygen atoms in total. The van der Waals surface area contributed by atoms with Crippen LogP contribution >= 0.6 is 0 Å². The smallest absolute Gasteiger partial charge is 0.306 e. The summed E-state index contributed by atoms with van der Waals surface area (Å²) in [6.45, 7) is 4.41. The summed E-state index contributed by atoms with van der Waals surface area (Å²) in [5.41, 5.74) is 1.33. The van der Waals surface area contributed by atoms with Gasteiger partial charge in [-0.15, -0.1) is 0 Å². The van der Waals surface area contributed by atoms with Gasteiger partial charge in [0.15, 0.2) is 0 Å². The predicted octanol–water partition coefficient (Wildman–Crippen LogP) is 3.21. The summed E-state index contributed by atoms with van der Waals surface area (Å²) in [6, 6.07) is 10.4. The monoisotopic (exact) mass is 220 g/mol. The van der Waals surface area contributed by atoms with Gasteiger partial charge in [0.25, 0.3) is 0 Å². The molecule has 1 atom stereocenters. The number of aryl methyl sites for hydroxylation is 1. The first-order chi connectivity index (χ1) is 7.72. The van der Waals surface area contributed by atoms with Crippen molar-refractivity contribution < 1.29 is 9.53 Å². The zero-order chi connectivity index (χ0) is 11.8. The van der Waals surface area contributed by atoms with Crippen molar-refractivity contribution in [3.8, 4) is 0 Å². The van der Waals surface area contributed by atoms with E-state index in [2.05, 4.69) is 19.1 Å². The van der Waals surface area contributed by atoms with Gasteiger partial charge in [-0.1, -0.05) is 37.3 Å². The maximum Gasteiger partial charge on any atom is 0.306 e. The fraction of sp³-hybridized carbons (Fsp3) is 0.500. The van der Waals surface area contributed by atoms with Gasteiger partial charge in [-0.3, -0.25) is 4.79 Å². The van der Waals surface area contributed by atoms with Crippen molar-refractivity contribution in [3.05, 3.63) is 35.9 Å². The molecule has 0 bridgehead atoms. The van der Waals surface area contributed by atoms with Gasteiger partial charge in [0.05, 0.1) is 6.61 Å². The molecule has 0 N–H and O–H groups in total. The van der Waals surface area contributed by atoms with Crippen LogP contribution in [-0.2, 0) is 16.0 Å². The van der Waals surface area contributed by atoms with Gasteiger partial charge in [0.1, 0.15) is 0 Å². The summed E-state index contributed by atoms with van der Waals surface area (Å²) >= 11 is 0. The standard InChI is InChI=1S/C14H20O2/c1-3-16-14(15)11-12(2)9-10-13-7-5-4-6-8-13/h4-8,12H,3,9-11H2,1-2H3/t12-/m0/s1. The molecule has 88 valence electrons. The van der Waals surface area contributed by atoms with E-state index < -0.39 is 0 Å². The second kappa shape index (κ2) is 7.04. The second-order valence-electron chi connectivity index (χ2n) is 4.14. The number of esters is 1. The zero-order valence-electron chi connectivity index (χ0n) is 10.1. The minimum absolute atomic E-state index is 0.0805. The van der Waals surface area contributed by atoms with Crippen LogP contribution in [-0.4, -0.2) is 12.6 Å². The maximum absolute atomic E-state index is 11.2. The Morgan fingerprint density at radius 1 is 1.31 bits per heavy atom.